The lowest BCUT2D eigenvalue weighted by Gasteiger charge is -2.60. The van der Waals surface area contributed by atoms with Crippen molar-refractivity contribution in [3.63, 3.8) is 0 Å². The molecule has 1 aromatic rings. The Labute approximate surface area is 240 Å². The Bertz CT molecular complexity index is 1370. The van der Waals surface area contributed by atoms with E-state index in [1.165, 1.54) is 14.0 Å². The van der Waals surface area contributed by atoms with E-state index >= 15 is 0 Å². The lowest BCUT2D eigenvalue weighted by atomic mass is 9.46. The Kier molecular flexibility index (Phi) is 7.64. The van der Waals surface area contributed by atoms with Crippen LogP contribution in [0.25, 0.3) is 0 Å². The molecule has 0 unspecified atom stereocenters. The number of rotatable bonds is 11. The highest BCUT2D eigenvalue weighted by Gasteiger charge is 2.73. The quantitative estimate of drug-likeness (QED) is 0.272. The summed E-state index contributed by atoms with van der Waals surface area (Å²) in [7, 11) is 1.50. The van der Waals surface area contributed by atoms with Crippen molar-refractivity contribution in [2.24, 2.45) is 5.92 Å². The summed E-state index contributed by atoms with van der Waals surface area (Å²) in [4.78, 5) is 61.0. The van der Waals surface area contributed by atoms with Crippen LogP contribution in [-0.4, -0.2) is 76.1 Å². The van der Waals surface area contributed by atoms with Gasteiger partial charge in [0.1, 0.15) is 23.5 Å². The summed E-state index contributed by atoms with van der Waals surface area (Å²) in [5.41, 5.74) is -0.413. The van der Waals surface area contributed by atoms with Gasteiger partial charge in [-0.15, -0.1) is 0 Å². The minimum atomic E-state index is -1.62. The third-order valence-electron chi connectivity index (χ3n) is 8.86. The molecule has 1 aromatic carbocycles. The summed E-state index contributed by atoms with van der Waals surface area (Å²) >= 11 is 0. The number of esters is 2. The van der Waals surface area contributed by atoms with Gasteiger partial charge in [-0.25, -0.2) is 4.79 Å². The molecule has 1 heterocycles. The molecule has 0 aromatic heterocycles. The Morgan fingerprint density at radius 1 is 1.14 bits per heavy atom. The molecule has 226 valence electrons. The zero-order valence-electron chi connectivity index (χ0n) is 23.2. The minimum Gasteiger partial charge on any atom is -0.493 e. The average Bonchev–Trinajstić information content (AvgIpc) is 3.27. The van der Waals surface area contributed by atoms with Crippen LogP contribution in [0.1, 0.15) is 63.0 Å². The number of hydrogen-bond acceptors (Lipinski definition) is 10. The third kappa shape index (κ3) is 4.65. The van der Waals surface area contributed by atoms with Crippen molar-refractivity contribution in [1.29, 1.82) is 0 Å². The molecule has 1 fully saturated rings. The molecule has 13 nitrogen and oxygen atoms in total. The number of aliphatic hydroxyl groups is 1. The van der Waals surface area contributed by atoms with Crippen LogP contribution in [0.5, 0.6) is 11.5 Å². The first-order valence-corrected chi connectivity index (χ1v) is 13.9. The second-order valence-electron chi connectivity index (χ2n) is 11.2. The molecule has 2 bridgehead atoms. The molecule has 1 amide bonds. The lowest BCUT2D eigenvalue weighted by Crippen LogP contribution is -2.69. The standard InChI is InChI=1S/C29H33NO12/c1-14(31)26(36)30-17(27(37)38)13-22(35)42-29-11-9-19(40-21(34)8-7-20(32)33)25-28(29)10-3-4-16(29)12-15-5-6-18(39-2)24(41-25)23(15)28/h5-6,9,14,16-17,25,31H,3-4,7-8,10-13H2,1-2H3,(H,30,36)(H,32,33)(H,37,38)/t14-,16-,17-,25+,28+,29-/m0/s1. The number of ether oxygens (including phenoxy) is 4. The van der Waals surface area contributed by atoms with Gasteiger partial charge in [0.2, 0.25) is 5.91 Å². The normalized spacial score (nSPS) is 27.7. The molecule has 6 atom stereocenters. The van der Waals surface area contributed by atoms with E-state index in [0.29, 0.717) is 30.8 Å². The van der Waals surface area contributed by atoms with Gasteiger partial charge in [0, 0.05) is 17.9 Å². The van der Waals surface area contributed by atoms with Crippen LogP contribution in [-0.2, 0) is 45.3 Å². The van der Waals surface area contributed by atoms with E-state index < -0.39 is 71.9 Å². The van der Waals surface area contributed by atoms with Gasteiger partial charge in [0.05, 0.1) is 31.8 Å². The molecule has 0 radical (unpaired) electrons. The molecule has 3 aliphatic carbocycles. The number of aliphatic carboxylic acids is 2. The van der Waals surface area contributed by atoms with Gasteiger partial charge in [-0.1, -0.05) is 12.5 Å². The summed E-state index contributed by atoms with van der Waals surface area (Å²) < 4.78 is 24.1. The maximum atomic E-state index is 13.5. The van der Waals surface area contributed by atoms with Crippen molar-refractivity contribution in [3.8, 4) is 11.5 Å². The van der Waals surface area contributed by atoms with Crippen LogP contribution in [0.15, 0.2) is 24.0 Å². The number of amides is 1. The molecule has 4 N–H and O–H groups in total. The summed E-state index contributed by atoms with van der Waals surface area (Å²) in [5.74, 6) is -4.22. The number of carboxylic acid groups (broad SMARTS) is 2. The number of methoxy groups -OCH3 is 1. The first-order chi connectivity index (χ1) is 19.9. The van der Waals surface area contributed by atoms with E-state index in [-0.39, 0.29) is 24.5 Å². The Balaban J connectivity index is 1.54. The van der Waals surface area contributed by atoms with Crippen molar-refractivity contribution < 1.29 is 58.2 Å². The van der Waals surface area contributed by atoms with Gasteiger partial charge in [0.15, 0.2) is 17.6 Å². The van der Waals surface area contributed by atoms with E-state index in [1.807, 2.05) is 6.07 Å². The summed E-state index contributed by atoms with van der Waals surface area (Å²) in [6.45, 7) is 1.18. The summed E-state index contributed by atoms with van der Waals surface area (Å²) in [5, 5.41) is 30.3. The molecule has 42 heavy (non-hydrogen) atoms. The van der Waals surface area contributed by atoms with Gasteiger partial charge >= 0.3 is 23.9 Å². The predicted molar refractivity (Wildman–Crippen MR) is 140 cm³/mol. The molecule has 1 aliphatic heterocycles. The number of nitrogens with one attached hydrogen (secondary N) is 1. The number of carbonyl (C=O) groups excluding carboxylic acids is 3. The van der Waals surface area contributed by atoms with Crippen LogP contribution in [0.4, 0.5) is 0 Å². The summed E-state index contributed by atoms with van der Waals surface area (Å²) in [6, 6.07) is 2.11. The first kappa shape index (κ1) is 29.4. The number of carbonyl (C=O) groups is 5. The van der Waals surface area contributed by atoms with E-state index in [0.717, 1.165) is 17.5 Å². The van der Waals surface area contributed by atoms with Crippen LogP contribution in [0.2, 0.25) is 0 Å². The average molecular weight is 588 g/mol. The maximum Gasteiger partial charge on any atom is 0.326 e. The highest BCUT2D eigenvalue weighted by molar-refractivity contribution is 5.89. The van der Waals surface area contributed by atoms with Crippen molar-refractivity contribution in [3.05, 3.63) is 35.1 Å². The topological polar surface area (TPSA) is 195 Å². The van der Waals surface area contributed by atoms with E-state index in [9.17, 15) is 34.2 Å². The Hall–Kier alpha value is -4.13. The van der Waals surface area contributed by atoms with Gasteiger partial charge in [-0.3, -0.25) is 19.2 Å². The van der Waals surface area contributed by atoms with Crippen LogP contribution in [0, 0.1) is 5.92 Å². The second-order valence-corrected chi connectivity index (χ2v) is 11.2. The summed E-state index contributed by atoms with van der Waals surface area (Å²) in [6.07, 6.45) is 0.493. The molecule has 1 saturated carbocycles. The fourth-order valence-electron chi connectivity index (χ4n) is 7.16. The molecular weight excluding hydrogens is 554 g/mol. The maximum absolute atomic E-state index is 13.5. The smallest absolute Gasteiger partial charge is 0.326 e. The van der Waals surface area contributed by atoms with Crippen LogP contribution < -0.4 is 14.8 Å². The third-order valence-corrected chi connectivity index (χ3v) is 8.86. The first-order valence-electron chi connectivity index (χ1n) is 13.9. The Morgan fingerprint density at radius 2 is 1.90 bits per heavy atom. The molecule has 0 saturated heterocycles. The fraction of sp³-hybridized carbons (Fsp3) is 0.552. The second kappa shape index (κ2) is 10.9. The van der Waals surface area contributed by atoms with Crippen molar-refractivity contribution >= 4 is 29.8 Å². The number of aliphatic hydroxyl groups excluding tert-OH is 1. The fourth-order valence-corrected chi connectivity index (χ4v) is 7.16. The van der Waals surface area contributed by atoms with E-state index in [1.54, 1.807) is 12.1 Å². The molecule has 5 rings (SSSR count). The predicted octanol–water partition coefficient (Wildman–Crippen LogP) is 1.37. The van der Waals surface area contributed by atoms with Crippen molar-refractivity contribution in [2.45, 2.75) is 87.6 Å². The van der Waals surface area contributed by atoms with Crippen LogP contribution in [0.3, 0.4) is 0 Å². The highest BCUT2D eigenvalue weighted by Crippen LogP contribution is 2.68. The van der Waals surface area contributed by atoms with Crippen molar-refractivity contribution in [2.75, 3.05) is 7.11 Å². The Morgan fingerprint density at radius 3 is 2.57 bits per heavy atom. The largest absolute Gasteiger partial charge is 0.493 e. The molecular formula is C29H33NO12. The molecule has 1 spiro atoms. The van der Waals surface area contributed by atoms with Crippen LogP contribution >= 0.6 is 0 Å². The van der Waals surface area contributed by atoms with Gasteiger partial charge < -0.3 is 39.6 Å². The molecule has 4 aliphatic rings. The highest BCUT2D eigenvalue weighted by atomic mass is 16.6. The monoisotopic (exact) mass is 587 g/mol. The number of benzene rings is 1. The number of carboxylic acids is 2. The lowest BCUT2D eigenvalue weighted by molar-refractivity contribution is -0.201. The zero-order chi connectivity index (χ0) is 30.4. The zero-order valence-corrected chi connectivity index (χ0v) is 23.2. The van der Waals surface area contributed by atoms with Gasteiger partial charge in [-0.05, 0) is 43.9 Å². The van der Waals surface area contributed by atoms with E-state index in [4.69, 9.17) is 24.1 Å². The SMILES string of the molecule is COc1ccc2c3c1O[C@@H]1C(OC(=O)CCC(=O)O)=CC[C@]4(OC(=O)C[C@H](NC(=O)[C@H](C)O)C(=O)O)[C@@H](CCC[C@@]314)C2. The van der Waals surface area contributed by atoms with E-state index in [2.05, 4.69) is 5.32 Å². The minimum absolute atomic E-state index is 0.138. The molecule has 13 heteroatoms. The van der Waals surface area contributed by atoms with Gasteiger partial charge in [-0.2, -0.15) is 0 Å². The number of hydrogen-bond donors (Lipinski definition) is 4. The van der Waals surface area contributed by atoms with Crippen molar-refractivity contribution in [1.82, 2.24) is 5.32 Å². The van der Waals surface area contributed by atoms with Gasteiger partial charge in [0.25, 0.3) is 0 Å².